The molecule has 2 aliphatic heterocycles. The second-order valence-corrected chi connectivity index (χ2v) is 18.4. The lowest BCUT2D eigenvalue weighted by atomic mass is 9.85. The number of benzene rings is 1. The Morgan fingerprint density at radius 1 is 1.15 bits per heavy atom. The Morgan fingerprint density at radius 3 is 2.56 bits per heavy atom. The lowest BCUT2D eigenvalue weighted by Crippen LogP contribution is -2.59. The second-order valence-electron chi connectivity index (χ2n) is 16.4. The first-order valence-corrected chi connectivity index (χ1v) is 20.6. The molecule has 4 aliphatic rings. The summed E-state index contributed by atoms with van der Waals surface area (Å²) in [6.45, 7) is 9.06. The number of carbonyl (C=O) groups is 4. The monoisotopic (exact) mass is 785 g/mol. The molecule has 2 saturated carbocycles. The molecular formula is C39H52FN5O9S. The Kier molecular flexibility index (Phi) is 11.4. The highest BCUT2D eigenvalue weighted by Gasteiger charge is 2.62. The minimum atomic E-state index is -3.93. The molecular weight excluding hydrogens is 734 g/mol. The lowest BCUT2D eigenvalue weighted by molar-refractivity contribution is -0.142. The molecule has 14 nitrogen and oxygen atoms in total. The number of alkyl carbamates (subject to hydrolysis) is 1. The zero-order valence-corrected chi connectivity index (χ0v) is 33.0. The number of hydrogen-bond donors (Lipinski definition) is 3. The number of methoxy groups -OCH3 is 1. The molecule has 0 radical (unpaired) electrons. The van der Waals surface area contributed by atoms with Gasteiger partial charge in [-0.2, -0.15) is 0 Å². The van der Waals surface area contributed by atoms with Crippen LogP contribution in [0.1, 0.15) is 86.0 Å². The topological polar surface area (TPSA) is 182 Å². The molecule has 1 aromatic heterocycles. The zero-order chi connectivity index (χ0) is 39.9. The third-order valence-corrected chi connectivity index (χ3v) is 12.7. The predicted molar refractivity (Wildman–Crippen MR) is 201 cm³/mol. The third-order valence-electron chi connectivity index (χ3n) is 10.9. The predicted octanol–water partition coefficient (Wildman–Crippen LogP) is 4.51. The number of fused-ring (bicyclic) bond motifs is 3. The normalized spacial score (nSPS) is 29.5. The number of hydrogen-bond acceptors (Lipinski definition) is 10. The van der Waals surface area contributed by atoms with E-state index in [0.29, 0.717) is 42.9 Å². The minimum absolute atomic E-state index is 0.0399. The van der Waals surface area contributed by atoms with Gasteiger partial charge in [-0.1, -0.05) is 32.4 Å². The van der Waals surface area contributed by atoms with Crippen molar-refractivity contribution in [2.75, 3.05) is 13.7 Å². The summed E-state index contributed by atoms with van der Waals surface area (Å²) in [6, 6.07) is 2.16. The number of halogens is 1. The number of sulfonamides is 1. The average molecular weight is 786 g/mol. The highest BCUT2D eigenvalue weighted by Crippen LogP contribution is 2.46. The van der Waals surface area contributed by atoms with Gasteiger partial charge in [0.15, 0.2) is 11.6 Å². The van der Waals surface area contributed by atoms with Gasteiger partial charge in [-0.25, -0.2) is 22.6 Å². The van der Waals surface area contributed by atoms with Crippen LogP contribution >= 0.6 is 0 Å². The van der Waals surface area contributed by atoms with Gasteiger partial charge in [-0.15, -0.1) is 0 Å². The summed E-state index contributed by atoms with van der Waals surface area (Å²) in [4.78, 5) is 62.1. The van der Waals surface area contributed by atoms with Crippen LogP contribution < -0.4 is 24.8 Å². The van der Waals surface area contributed by atoms with Crippen molar-refractivity contribution in [1.29, 1.82) is 0 Å². The maximum atomic E-state index is 14.9. The molecule has 16 heteroatoms. The summed E-state index contributed by atoms with van der Waals surface area (Å²) in [5, 5.41) is 5.97. The Labute approximate surface area is 321 Å². The van der Waals surface area contributed by atoms with Crippen LogP contribution in [0.15, 0.2) is 36.5 Å². The number of rotatable bonds is 8. The number of allylic oxidation sites excluding steroid dienone is 1. The summed E-state index contributed by atoms with van der Waals surface area (Å²) in [5.41, 5.74) is -2.40. The van der Waals surface area contributed by atoms with Crippen molar-refractivity contribution in [3.8, 4) is 11.6 Å². The first-order chi connectivity index (χ1) is 25.9. The molecule has 300 valence electrons. The van der Waals surface area contributed by atoms with Crippen molar-refractivity contribution in [1.82, 2.24) is 25.2 Å². The molecule has 2 aromatic rings. The standard InChI is InChI=1S/C39H52FN5O9S/c1-7-23-16-22(2)10-8-9-11-25-20-39(25,36(48)44-55(50,51)27-12-13-27)43-33(46)30-18-26(21-45(30)35(47)32(23)42-37(49)54-38(3,4)5)53-34-28-19-29(40)31(52-6)17-24(28)14-15-41-34/h9,11,14-15,17,19,22-23,25-27,30,32H,7-8,10,12-13,16,18,20-21H2,1-6H3,(H,42,49)(H,43,46)(H,44,48)/b11-9-/t22-,23-,25-,26-,30+,32+,39-/m1/s1. The van der Waals surface area contributed by atoms with Crippen molar-refractivity contribution in [2.45, 2.75) is 121 Å². The number of amides is 4. The average Bonchev–Trinajstić information content (AvgIpc) is 4.04. The maximum Gasteiger partial charge on any atom is 0.408 e. The minimum Gasteiger partial charge on any atom is -0.494 e. The molecule has 0 bridgehead atoms. The Bertz CT molecular complexity index is 1970. The van der Waals surface area contributed by atoms with Gasteiger partial charge in [0.25, 0.3) is 5.91 Å². The van der Waals surface area contributed by atoms with E-state index in [4.69, 9.17) is 14.2 Å². The van der Waals surface area contributed by atoms with E-state index in [2.05, 4.69) is 27.3 Å². The summed E-state index contributed by atoms with van der Waals surface area (Å²) in [6.07, 6.45) is 7.25. The van der Waals surface area contributed by atoms with E-state index in [1.807, 2.05) is 19.1 Å². The molecule has 55 heavy (non-hydrogen) atoms. The number of aromatic nitrogens is 1. The summed E-state index contributed by atoms with van der Waals surface area (Å²) in [7, 11) is -2.57. The molecule has 0 spiro atoms. The van der Waals surface area contributed by atoms with Gasteiger partial charge < -0.3 is 29.7 Å². The molecule has 6 rings (SSSR count). The number of pyridine rings is 1. The molecule has 0 unspecified atom stereocenters. The number of carbonyl (C=O) groups excluding carboxylic acids is 4. The summed E-state index contributed by atoms with van der Waals surface area (Å²) >= 11 is 0. The molecule has 2 aliphatic carbocycles. The molecule has 1 aromatic carbocycles. The molecule has 3 N–H and O–H groups in total. The Balaban J connectivity index is 1.37. The molecule has 3 fully saturated rings. The van der Waals surface area contributed by atoms with Crippen molar-refractivity contribution >= 4 is 44.6 Å². The van der Waals surface area contributed by atoms with Crippen molar-refractivity contribution in [3.05, 3.63) is 42.4 Å². The second kappa shape index (κ2) is 15.6. The van der Waals surface area contributed by atoms with Crippen LogP contribution in [0.5, 0.6) is 11.6 Å². The van der Waals surface area contributed by atoms with Crippen LogP contribution in [0.25, 0.3) is 10.8 Å². The first kappa shape index (κ1) is 40.2. The molecule has 3 heterocycles. The highest BCUT2D eigenvalue weighted by atomic mass is 32.2. The molecule has 1 saturated heterocycles. The number of ether oxygens (including phenoxy) is 3. The third kappa shape index (κ3) is 9.00. The van der Waals surface area contributed by atoms with E-state index in [9.17, 15) is 32.0 Å². The van der Waals surface area contributed by atoms with Crippen LogP contribution in [-0.2, 0) is 29.1 Å². The van der Waals surface area contributed by atoms with E-state index >= 15 is 0 Å². The van der Waals surface area contributed by atoms with Crippen molar-refractivity contribution in [2.24, 2.45) is 17.8 Å². The van der Waals surface area contributed by atoms with Crippen LogP contribution in [0, 0.1) is 23.6 Å². The van der Waals surface area contributed by atoms with E-state index < -0.39 is 80.2 Å². The number of nitrogens with zero attached hydrogens (tertiary/aromatic N) is 2. The van der Waals surface area contributed by atoms with E-state index in [1.54, 1.807) is 26.8 Å². The van der Waals surface area contributed by atoms with Crippen LogP contribution in [0.4, 0.5) is 9.18 Å². The fourth-order valence-corrected chi connectivity index (χ4v) is 9.07. The van der Waals surface area contributed by atoms with Crippen LogP contribution in [0.3, 0.4) is 0 Å². The van der Waals surface area contributed by atoms with Crippen LogP contribution in [-0.4, -0.2) is 90.3 Å². The van der Waals surface area contributed by atoms with Crippen molar-refractivity contribution in [3.63, 3.8) is 0 Å². The first-order valence-electron chi connectivity index (χ1n) is 19.1. The summed E-state index contributed by atoms with van der Waals surface area (Å²) in [5.74, 6) is -3.21. The smallest absolute Gasteiger partial charge is 0.408 e. The maximum absolute atomic E-state index is 14.9. The van der Waals surface area contributed by atoms with E-state index in [1.165, 1.54) is 30.3 Å². The lowest BCUT2D eigenvalue weighted by Gasteiger charge is -2.34. The Hall–Kier alpha value is -4.47. The van der Waals surface area contributed by atoms with Gasteiger partial charge in [0, 0.05) is 23.9 Å². The quantitative estimate of drug-likeness (QED) is 0.322. The van der Waals surface area contributed by atoms with Crippen molar-refractivity contribution < 1.29 is 46.2 Å². The van der Waals surface area contributed by atoms with Gasteiger partial charge in [0.05, 0.1) is 18.9 Å². The molecule has 7 atom stereocenters. The zero-order valence-electron chi connectivity index (χ0n) is 32.2. The van der Waals surface area contributed by atoms with E-state index in [-0.39, 0.29) is 42.9 Å². The van der Waals surface area contributed by atoms with Gasteiger partial charge in [-0.3, -0.25) is 19.1 Å². The van der Waals surface area contributed by atoms with Gasteiger partial charge >= 0.3 is 6.09 Å². The van der Waals surface area contributed by atoms with Gasteiger partial charge in [0.2, 0.25) is 27.7 Å². The SMILES string of the molecule is CC[C@@H]1C[C@H](C)CC/C=C\[C@@H]2C[C@@]2(C(=O)NS(=O)(=O)C2CC2)NC(=O)[C@@H]2C[C@@H](Oc3nccc4cc(OC)c(F)cc34)CN2C(=O)[C@H]1NC(=O)OC(C)(C)C. The largest absolute Gasteiger partial charge is 0.494 e. The van der Waals surface area contributed by atoms with E-state index in [0.717, 1.165) is 6.42 Å². The fourth-order valence-electron chi connectivity index (χ4n) is 7.71. The molecule has 4 amide bonds. The van der Waals surface area contributed by atoms with Gasteiger partial charge in [0.1, 0.15) is 29.3 Å². The summed E-state index contributed by atoms with van der Waals surface area (Å²) < 4.78 is 59.9. The fraction of sp³-hybridized carbons (Fsp3) is 0.615. The highest BCUT2D eigenvalue weighted by molar-refractivity contribution is 7.91. The van der Waals surface area contributed by atoms with Crippen LogP contribution in [0.2, 0.25) is 0 Å². The number of nitrogens with one attached hydrogen (secondary N) is 3. The van der Waals surface area contributed by atoms with Gasteiger partial charge in [-0.05, 0) is 94.7 Å². The Morgan fingerprint density at radius 2 is 1.89 bits per heavy atom.